The van der Waals surface area contributed by atoms with Crippen LogP contribution in [0.2, 0.25) is 5.02 Å². The van der Waals surface area contributed by atoms with E-state index >= 15 is 0 Å². The third-order valence-corrected chi connectivity index (χ3v) is 2.19. The largest absolute Gasteiger partial charge is 0.492 e. The smallest absolute Gasteiger partial charge is 0.131 e. The molecule has 1 aromatic carbocycles. The van der Waals surface area contributed by atoms with Gasteiger partial charge in [-0.05, 0) is 17.7 Å². The molecule has 0 saturated heterocycles. The number of halogens is 1. The molecule has 0 aromatic heterocycles. The predicted molar refractivity (Wildman–Crippen MR) is 50.0 cm³/mol. The summed E-state index contributed by atoms with van der Waals surface area (Å²) in [5, 5.41) is 12.0. The number of ether oxygens (including phenoxy) is 1. The molecule has 4 heteroatoms. The lowest BCUT2D eigenvalue weighted by atomic mass is 10.1. The Labute approximate surface area is 80.6 Å². The van der Waals surface area contributed by atoms with Gasteiger partial charge < -0.3 is 9.94 Å². The summed E-state index contributed by atoms with van der Waals surface area (Å²) < 4.78 is 5.38. The normalized spacial score (nSPS) is 14.5. The van der Waals surface area contributed by atoms with E-state index in [-0.39, 0.29) is 0 Å². The fraction of sp³-hybridized carbons (Fsp3) is 0.222. The zero-order valence-electron chi connectivity index (χ0n) is 6.83. The lowest BCUT2D eigenvalue weighted by Gasteiger charge is -2.03. The molecule has 0 spiro atoms. The first-order valence-corrected chi connectivity index (χ1v) is 4.31. The molecular formula is C9H8ClNO2. The van der Waals surface area contributed by atoms with Gasteiger partial charge >= 0.3 is 0 Å². The van der Waals surface area contributed by atoms with Gasteiger partial charge in [0.05, 0.1) is 12.8 Å². The molecule has 1 aliphatic heterocycles. The molecule has 13 heavy (non-hydrogen) atoms. The summed E-state index contributed by atoms with van der Waals surface area (Å²) in [4.78, 5) is 0. The number of oxime groups is 1. The zero-order valence-corrected chi connectivity index (χ0v) is 7.58. The SMILES string of the molecule is O/N=C\c1cc(Cl)cc2c1OCC2. The first-order valence-electron chi connectivity index (χ1n) is 3.94. The lowest BCUT2D eigenvalue weighted by Crippen LogP contribution is -1.90. The predicted octanol–water partition coefficient (Wildman–Crippen LogP) is 2.08. The monoisotopic (exact) mass is 197 g/mol. The molecule has 0 bridgehead atoms. The highest BCUT2D eigenvalue weighted by Crippen LogP contribution is 2.31. The molecule has 1 aromatic rings. The molecular weight excluding hydrogens is 190 g/mol. The Morgan fingerprint density at radius 1 is 1.54 bits per heavy atom. The van der Waals surface area contributed by atoms with Gasteiger partial charge in [-0.1, -0.05) is 16.8 Å². The number of rotatable bonds is 1. The Morgan fingerprint density at radius 3 is 3.15 bits per heavy atom. The van der Waals surface area contributed by atoms with Crippen LogP contribution in [0.15, 0.2) is 17.3 Å². The van der Waals surface area contributed by atoms with Crippen LogP contribution in [0.1, 0.15) is 11.1 Å². The molecule has 1 N–H and O–H groups in total. The molecule has 0 aliphatic carbocycles. The second-order valence-corrected chi connectivity index (χ2v) is 3.26. The van der Waals surface area contributed by atoms with Crippen LogP contribution in [-0.2, 0) is 6.42 Å². The fourth-order valence-electron chi connectivity index (χ4n) is 1.46. The van der Waals surface area contributed by atoms with Crippen molar-refractivity contribution in [3.63, 3.8) is 0 Å². The van der Waals surface area contributed by atoms with Crippen molar-refractivity contribution in [2.45, 2.75) is 6.42 Å². The van der Waals surface area contributed by atoms with Crippen LogP contribution in [0.25, 0.3) is 0 Å². The number of nitrogens with zero attached hydrogens (tertiary/aromatic N) is 1. The van der Waals surface area contributed by atoms with Gasteiger partial charge in [-0.2, -0.15) is 0 Å². The molecule has 0 atom stereocenters. The van der Waals surface area contributed by atoms with Gasteiger partial charge in [-0.15, -0.1) is 0 Å². The molecule has 68 valence electrons. The summed E-state index contributed by atoms with van der Waals surface area (Å²) in [6.07, 6.45) is 2.19. The van der Waals surface area contributed by atoms with Gasteiger partial charge in [-0.3, -0.25) is 0 Å². The van der Waals surface area contributed by atoms with Gasteiger partial charge in [-0.25, -0.2) is 0 Å². The summed E-state index contributed by atoms with van der Waals surface area (Å²) in [6, 6.07) is 3.59. The van der Waals surface area contributed by atoms with Crippen molar-refractivity contribution in [2.24, 2.45) is 5.16 Å². The first kappa shape index (κ1) is 8.38. The minimum Gasteiger partial charge on any atom is -0.492 e. The summed E-state index contributed by atoms with van der Waals surface area (Å²) in [7, 11) is 0. The van der Waals surface area contributed by atoms with Crippen LogP contribution in [-0.4, -0.2) is 18.0 Å². The van der Waals surface area contributed by atoms with Crippen LogP contribution in [0.4, 0.5) is 0 Å². The second kappa shape index (κ2) is 3.26. The van der Waals surface area contributed by atoms with Crippen molar-refractivity contribution in [2.75, 3.05) is 6.61 Å². The maximum Gasteiger partial charge on any atom is 0.131 e. The molecule has 1 aliphatic rings. The Hall–Kier alpha value is -1.22. The Morgan fingerprint density at radius 2 is 2.38 bits per heavy atom. The molecule has 0 fully saturated rings. The Kier molecular flexibility index (Phi) is 2.10. The van der Waals surface area contributed by atoms with Crippen LogP contribution < -0.4 is 4.74 Å². The maximum absolute atomic E-state index is 8.41. The van der Waals surface area contributed by atoms with Crippen molar-refractivity contribution in [1.29, 1.82) is 0 Å². The lowest BCUT2D eigenvalue weighted by molar-refractivity contribution is 0.321. The zero-order chi connectivity index (χ0) is 9.26. The minimum atomic E-state index is 0.638. The van der Waals surface area contributed by atoms with E-state index in [1.807, 2.05) is 6.07 Å². The van der Waals surface area contributed by atoms with Crippen LogP contribution >= 0.6 is 11.6 Å². The third kappa shape index (κ3) is 1.47. The van der Waals surface area contributed by atoms with Crippen molar-refractivity contribution >= 4 is 17.8 Å². The van der Waals surface area contributed by atoms with Gasteiger partial charge in [0.15, 0.2) is 0 Å². The average molecular weight is 198 g/mol. The van der Waals surface area contributed by atoms with Crippen molar-refractivity contribution < 1.29 is 9.94 Å². The van der Waals surface area contributed by atoms with E-state index in [1.54, 1.807) is 6.07 Å². The van der Waals surface area contributed by atoms with Gasteiger partial charge in [0.1, 0.15) is 5.75 Å². The fourth-order valence-corrected chi connectivity index (χ4v) is 1.71. The molecule has 0 amide bonds. The summed E-state index contributed by atoms with van der Waals surface area (Å²) in [5.41, 5.74) is 1.80. The molecule has 1 heterocycles. The van der Waals surface area contributed by atoms with Crippen LogP contribution in [0.3, 0.4) is 0 Å². The average Bonchev–Trinajstić information content (AvgIpc) is 2.52. The molecule has 0 saturated carbocycles. The van der Waals surface area contributed by atoms with Gasteiger partial charge in [0.2, 0.25) is 0 Å². The van der Waals surface area contributed by atoms with E-state index in [2.05, 4.69) is 5.16 Å². The van der Waals surface area contributed by atoms with Crippen molar-refractivity contribution in [3.05, 3.63) is 28.3 Å². The van der Waals surface area contributed by atoms with Crippen LogP contribution in [0, 0.1) is 0 Å². The Bertz CT molecular complexity index is 363. The Balaban J connectivity index is 2.55. The van der Waals surface area contributed by atoms with Crippen molar-refractivity contribution in [3.8, 4) is 5.75 Å². The standard InChI is InChI=1S/C9H8ClNO2/c10-8-3-6-1-2-13-9(6)7(4-8)5-11-12/h3-5,12H,1-2H2/b11-5-. The quantitative estimate of drug-likeness (QED) is 0.426. The topological polar surface area (TPSA) is 41.8 Å². The van der Waals surface area contributed by atoms with Gasteiger partial charge in [0, 0.05) is 17.0 Å². The van der Waals surface area contributed by atoms with E-state index < -0.39 is 0 Å². The highest BCUT2D eigenvalue weighted by molar-refractivity contribution is 6.31. The minimum absolute atomic E-state index is 0.638. The van der Waals surface area contributed by atoms with E-state index in [1.165, 1.54) is 6.21 Å². The number of benzene rings is 1. The van der Waals surface area contributed by atoms with E-state index in [4.69, 9.17) is 21.5 Å². The van der Waals surface area contributed by atoms with E-state index in [0.29, 0.717) is 11.6 Å². The summed E-state index contributed by atoms with van der Waals surface area (Å²) >= 11 is 5.87. The molecule has 0 unspecified atom stereocenters. The third-order valence-electron chi connectivity index (χ3n) is 1.97. The molecule has 0 radical (unpaired) electrons. The van der Waals surface area contributed by atoms with Gasteiger partial charge in [0.25, 0.3) is 0 Å². The molecule has 3 nitrogen and oxygen atoms in total. The molecule has 2 rings (SSSR count). The van der Waals surface area contributed by atoms with Crippen molar-refractivity contribution in [1.82, 2.24) is 0 Å². The highest BCUT2D eigenvalue weighted by atomic mass is 35.5. The van der Waals surface area contributed by atoms with Crippen LogP contribution in [0.5, 0.6) is 5.75 Å². The van der Waals surface area contributed by atoms with E-state index in [9.17, 15) is 0 Å². The van der Waals surface area contributed by atoms with E-state index in [0.717, 1.165) is 23.3 Å². The first-order chi connectivity index (χ1) is 6.31. The summed E-state index contributed by atoms with van der Waals surface area (Å²) in [6.45, 7) is 0.669. The number of hydrogen-bond acceptors (Lipinski definition) is 3. The number of fused-ring (bicyclic) bond motifs is 1. The second-order valence-electron chi connectivity index (χ2n) is 2.83. The highest BCUT2D eigenvalue weighted by Gasteiger charge is 2.16. The summed E-state index contributed by atoms with van der Waals surface area (Å²) in [5.74, 6) is 0.780. The number of hydrogen-bond donors (Lipinski definition) is 1. The maximum atomic E-state index is 8.41.